The van der Waals surface area contributed by atoms with Crippen LogP contribution in [0.3, 0.4) is 0 Å². The third-order valence-corrected chi connectivity index (χ3v) is 3.16. The van der Waals surface area contributed by atoms with E-state index in [0.717, 1.165) is 5.56 Å². The van der Waals surface area contributed by atoms with Crippen molar-refractivity contribution in [2.24, 2.45) is 11.7 Å². The first-order chi connectivity index (χ1) is 6.77. The zero-order valence-electron chi connectivity index (χ0n) is 8.32. The molecule has 1 aromatic rings. The molecule has 1 fully saturated rings. The summed E-state index contributed by atoms with van der Waals surface area (Å²) in [5.41, 5.74) is 7.22. The normalized spacial score (nSPS) is 19.8. The lowest BCUT2D eigenvalue weighted by molar-refractivity contribution is 0.438. The van der Waals surface area contributed by atoms with Crippen LogP contribution < -0.4 is 5.73 Å². The van der Waals surface area contributed by atoms with E-state index >= 15 is 0 Å². The van der Waals surface area contributed by atoms with Gasteiger partial charge in [-0.15, -0.1) is 0 Å². The average Bonchev–Trinajstić information content (AvgIpc) is 2.69. The summed E-state index contributed by atoms with van der Waals surface area (Å²) in [6.45, 7) is 0. The molecule has 0 spiro atoms. The number of aromatic hydroxyl groups is 1. The summed E-state index contributed by atoms with van der Waals surface area (Å²) >= 11 is 0. The van der Waals surface area contributed by atoms with Crippen LogP contribution >= 0.6 is 0 Å². The number of nitrogens with two attached hydrogens (primary N) is 1. The van der Waals surface area contributed by atoms with Gasteiger partial charge in [-0.3, -0.25) is 0 Å². The van der Waals surface area contributed by atoms with Crippen LogP contribution in [0.25, 0.3) is 0 Å². The minimum Gasteiger partial charge on any atom is -0.508 e. The lowest BCUT2D eigenvalue weighted by Crippen LogP contribution is -2.18. The summed E-state index contributed by atoms with van der Waals surface area (Å²) in [5, 5.41) is 9.35. The molecule has 0 heterocycles. The molecule has 0 aromatic heterocycles. The fourth-order valence-electron chi connectivity index (χ4n) is 2.32. The van der Waals surface area contributed by atoms with Crippen LogP contribution in [0.4, 0.5) is 0 Å². The molecular weight excluding hydrogens is 174 g/mol. The maximum atomic E-state index is 9.35. The highest BCUT2D eigenvalue weighted by Gasteiger charge is 2.23. The van der Waals surface area contributed by atoms with E-state index in [1.165, 1.54) is 25.7 Å². The summed E-state index contributed by atoms with van der Waals surface area (Å²) < 4.78 is 0. The van der Waals surface area contributed by atoms with Crippen LogP contribution in [-0.2, 0) is 0 Å². The smallest absolute Gasteiger partial charge is 0.115 e. The molecule has 0 aliphatic heterocycles. The van der Waals surface area contributed by atoms with E-state index in [-0.39, 0.29) is 6.04 Å². The third kappa shape index (κ3) is 1.90. The Morgan fingerprint density at radius 1 is 1.29 bits per heavy atom. The van der Waals surface area contributed by atoms with Gasteiger partial charge in [-0.05, 0) is 36.5 Å². The minimum absolute atomic E-state index is 0.101. The van der Waals surface area contributed by atoms with Gasteiger partial charge in [0.15, 0.2) is 0 Å². The van der Waals surface area contributed by atoms with E-state index < -0.39 is 0 Å². The van der Waals surface area contributed by atoms with Gasteiger partial charge in [0.2, 0.25) is 0 Å². The largest absolute Gasteiger partial charge is 0.508 e. The van der Waals surface area contributed by atoms with Gasteiger partial charge in [0.25, 0.3) is 0 Å². The van der Waals surface area contributed by atoms with Gasteiger partial charge in [-0.2, -0.15) is 0 Å². The highest BCUT2D eigenvalue weighted by Crippen LogP contribution is 2.34. The molecule has 2 nitrogen and oxygen atoms in total. The molecule has 1 aliphatic rings. The Kier molecular flexibility index (Phi) is 2.73. The van der Waals surface area contributed by atoms with Crippen molar-refractivity contribution in [3.05, 3.63) is 29.8 Å². The standard InChI is InChI=1S/C12H17NO/c13-12(9-4-1-2-5-9)10-6-3-7-11(14)8-10/h3,6-9,12,14H,1-2,4-5,13H2/t12-/m0/s1. The van der Waals surface area contributed by atoms with E-state index in [0.29, 0.717) is 11.7 Å². The van der Waals surface area contributed by atoms with Crippen LogP contribution in [0.2, 0.25) is 0 Å². The first-order valence-electron chi connectivity index (χ1n) is 5.32. The Hall–Kier alpha value is -1.02. The van der Waals surface area contributed by atoms with E-state index in [2.05, 4.69) is 0 Å². The van der Waals surface area contributed by atoms with Crippen LogP contribution in [0, 0.1) is 5.92 Å². The molecule has 3 N–H and O–H groups in total. The molecule has 0 saturated heterocycles. The molecule has 1 saturated carbocycles. The Morgan fingerprint density at radius 3 is 2.64 bits per heavy atom. The van der Waals surface area contributed by atoms with E-state index in [1.807, 2.05) is 12.1 Å². The van der Waals surface area contributed by atoms with Gasteiger partial charge < -0.3 is 10.8 Å². The third-order valence-electron chi connectivity index (χ3n) is 3.16. The first-order valence-corrected chi connectivity index (χ1v) is 5.32. The Labute approximate surface area is 84.7 Å². The molecular formula is C12H17NO. The Balaban J connectivity index is 2.13. The molecule has 1 aliphatic carbocycles. The van der Waals surface area contributed by atoms with E-state index in [4.69, 9.17) is 5.73 Å². The monoisotopic (exact) mass is 191 g/mol. The summed E-state index contributed by atoms with van der Waals surface area (Å²) in [6, 6.07) is 7.43. The number of hydrogen-bond donors (Lipinski definition) is 2. The lowest BCUT2D eigenvalue weighted by Gasteiger charge is -2.19. The topological polar surface area (TPSA) is 46.2 Å². The van der Waals surface area contributed by atoms with Crippen LogP contribution in [-0.4, -0.2) is 5.11 Å². The predicted octanol–water partition coefficient (Wildman–Crippen LogP) is 2.58. The maximum absolute atomic E-state index is 9.35. The van der Waals surface area contributed by atoms with Gasteiger partial charge in [0, 0.05) is 6.04 Å². The molecule has 0 unspecified atom stereocenters. The summed E-state index contributed by atoms with van der Waals surface area (Å²) in [7, 11) is 0. The van der Waals surface area contributed by atoms with E-state index in [1.54, 1.807) is 12.1 Å². The van der Waals surface area contributed by atoms with Crippen molar-refractivity contribution in [2.45, 2.75) is 31.7 Å². The average molecular weight is 191 g/mol. The molecule has 2 rings (SSSR count). The zero-order chi connectivity index (χ0) is 9.97. The first kappa shape index (κ1) is 9.53. The number of benzene rings is 1. The van der Waals surface area contributed by atoms with Crippen LogP contribution in [0.15, 0.2) is 24.3 Å². The number of phenols is 1. The molecule has 2 heteroatoms. The molecule has 0 amide bonds. The summed E-state index contributed by atoms with van der Waals surface area (Å²) in [6.07, 6.45) is 5.07. The molecule has 14 heavy (non-hydrogen) atoms. The minimum atomic E-state index is 0.101. The van der Waals surface area contributed by atoms with Gasteiger partial charge in [-0.25, -0.2) is 0 Å². The molecule has 0 bridgehead atoms. The quantitative estimate of drug-likeness (QED) is 0.754. The van der Waals surface area contributed by atoms with Crippen molar-refractivity contribution >= 4 is 0 Å². The second kappa shape index (κ2) is 4.01. The predicted molar refractivity (Wildman–Crippen MR) is 57.0 cm³/mol. The van der Waals surface area contributed by atoms with Gasteiger partial charge in [0.05, 0.1) is 0 Å². The second-order valence-corrected chi connectivity index (χ2v) is 4.17. The number of hydrogen-bond acceptors (Lipinski definition) is 2. The fourth-order valence-corrected chi connectivity index (χ4v) is 2.32. The van der Waals surface area contributed by atoms with Crippen molar-refractivity contribution in [1.82, 2.24) is 0 Å². The summed E-state index contributed by atoms with van der Waals surface area (Å²) in [5.74, 6) is 0.924. The zero-order valence-corrected chi connectivity index (χ0v) is 8.32. The van der Waals surface area contributed by atoms with Crippen molar-refractivity contribution in [3.63, 3.8) is 0 Å². The molecule has 76 valence electrons. The van der Waals surface area contributed by atoms with Gasteiger partial charge in [0.1, 0.15) is 5.75 Å². The van der Waals surface area contributed by atoms with Crippen LogP contribution in [0.5, 0.6) is 5.75 Å². The Bertz CT molecular complexity index is 305. The fraction of sp³-hybridized carbons (Fsp3) is 0.500. The van der Waals surface area contributed by atoms with Crippen molar-refractivity contribution in [2.75, 3.05) is 0 Å². The highest BCUT2D eigenvalue weighted by molar-refractivity contribution is 5.29. The molecule has 1 atom stereocenters. The summed E-state index contributed by atoms with van der Waals surface area (Å²) in [4.78, 5) is 0. The number of phenolic OH excluding ortho intramolecular Hbond substituents is 1. The molecule has 1 aromatic carbocycles. The molecule has 0 radical (unpaired) electrons. The SMILES string of the molecule is N[C@H](c1cccc(O)c1)C1CCCC1. The Morgan fingerprint density at radius 2 is 2.00 bits per heavy atom. The van der Waals surface area contributed by atoms with Crippen LogP contribution in [0.1, 0.15) is 37.3 Å². The van der Waals surface area contributed by atoms with Gasteiger partial charge >= 0.3 is 0 Å². The maximum Gasteiger partial charge on any atom is 0.115 e. The lowest BCUT2D eigenvalue weighted by atomic mass is 9.92. The van der Waals surface area contributed by atoms with Crippen molar-refractivity contribution in [1.29, 1.82) is 0 Å². The van der Waals surface area contributed by atoms with E-state index in [9.17, 15) is 5.11 Å². The number of rotatable bonds is 2. The van der Waals surface area contributed by atoms with Crippen molar-refractivity contribution in [3.8, 4) is 5.75 Å². The van der Waals surface area contributed by atoms with Gasteiger partial charge in [-0.1, -0.05) is 25.0 Å². The van der Waals surface area contributed by atoms with Crippen molar-refractivity contribution < 1.29 is 5.11 Å². The highest BCUT2D eigenvalue weighted by atomic mass is 16.3. The second-order valence-electron chi connectivity index (χ2n) is 4.17.